The van der Waals surface area contributed by atoms with Crippen LogP contribution in [0.1, 0.15) is 27.7 Å². The first kappa shape index (κ1) is 13.6. The highest BCUT2D eigenvalue weighted by molar-refractivity contribution is 9.06. The predicted molar refractivity (Wildman–Crippen MR) is 56.1 cm³/mol. The van der Waals surface area contributed by atoms with Gasteiger partial charge < -0.3 is 0 Å². The SMILES string of the molecule is CC(C)(NCl)C(C)(C)S(=O)(=O)OBr. The molecule has 0 aromatic heterocycles. The second kappa shape index (κ2) is 4.02. The lowest BCUT2D eigenvalue weighted by Crippen LogP contribution is -2.57. The van der Waals surface area contributed by atoms with E-state index in [9.17, 15) is 8.42 Å². The van der Waals surface area contributed by atoms with Crippen LogP contribution in [0.25, 0.3) is 0 Å². The molecule has 0 saturated carbocycles. The monoisotopic (exact) mass is 293 g/mol. The molecule has 0 bridgehead atoms. The average molecular weight is 295 g/mol. The lowest BCUT2D eigenvalue weighted by molar-refractivity contribution is 0.339. The van der Waals surface area contributed by atoms with E-state index in [0.717, 1.165) is 0 Å². The van der Waals surface area contributed by atoms with Gasteiger partial charge in [0.25, 0.3) is 10.1 Å². The van der Waals surface area contributed by atoms with Crippen LogP contribution in [-0.2, 0) is 13.4 Å². The minimum Gasteiger partial charge on any atom is -0.226 e. The van der Waals surface area contributed by atoms with E-state index < -0.39 is 20.4 Å². The second-order valence-corrected chi connectivity index (χ2v) is 6.78. The fourth-order valence-corrected chi connectivity index (χ4v) is 2.62. The summed E-state index contributed by atoms with van der Waals surface area (Å²) < 4.78 is 26.0. The highest BCUT2D eigenvalue weighted by Crippen LogP contribution is 2.32. The number of hydrogen-bond donors (Lipinski definition) is 1. The molecular weight excluding hydrogens is 281 g/mol. The molecule has 0 amide bonds. The summed E-state index contributed by atoms with van der Waals surface area (Å²) in [5.41, 5.74) is -0.804. The Morgan fingerprint density at radius 3 is 1.92 bits per heavy atom. The van der Waals surface area contributed by atoms with Crippen molar-refractivity contribution < 1.29 is 11.7 Å². The maximum absolute atomic E-state index is 11.5. The van der Waals surface area contributed by atoms with Crippen molar-refractivity contribution in [3.05, 3.63) is 0 Å². The van der Waals surface area contributed by atoms with Gasteiger partial charge in [-0.05, 0) is 39.5 Å². The quantitative estimate of drug-likeness (QED) is 0.805. The molecule has 7 heteroatoms. The summed E-state index contributed by atoms with van der Waals surface area (Å²) in [6.07, 6.45) is 0. The van der Waals surface area contributed by atoms with Gasteiger partial charge in [-0.2, -0.15) is 11.7 Å². The lowest BCUT2D eigenvalue weighted by Gasteiger charge is -2.37. The normalized spacial score (nSPS) is 14.6. The van der Waals surface area contributed by atoms with Crippen LogP contribution in [0.3, 0.4) is 0 Å². The Hall–Kier alpha value is 0.640. The highest BCUT2D eigenvalue weighted by atomic mass is 79.9. The minimum atomic E-state index is -3.70. The fraction of sp³-hybridized carbons (Fsp3) is 1.00. The fourth-order valence-electron chi connectivity index (χ4n) is 0.505. The van der Waals surface area contributed by atoms with Gasteiger partial charge >= 0.3 is 0 Å². The van der Waals surface area contributed by atoms with Gasteiger partial charge in [0.15, 0.2) is 0 Å². The van der Waals surface area contributed by atoms with Crippen molar-refractivity contribution in [2.75, 3.05) is 0 Å². The summed E-state index contributed by atoms with van der Waals surface area (Å²) in [6.45, 7) is 6.39. The maximum Gasteiger partial charge on any atom is 0.285 e. The molecule has 0 unspecified atom stereocenters. The molecule has 4 nitrogen and oxygen atoms in total. The van der Waals surface area contributed by atoms with Crippen molar-refractivity contribution in [1.82, 2.24) is 4.84 Å². The standard InChI is InChI=1S/C6H13BrClNO3S/c1-5(2,9-8)6(3,4)13(10,11)12-7/h9H,1-4H3. The van der Waals surface area contributed by atoms with Gasteiger partial charge in [-0.25, -0.2) is 4.84 Å². The van der Waals surface area contributed by atoms with Gasteiger partial charge in [-0.15, -0.1) is 0 Å². The molecule has 0 radical (unpaired) electrons. The molecule has 80 valence electrons. The Morgan fingerprint density at radius 2 is 1.69 bits per heavy atom. The van der Waals surface area contributed by atoms with Gasteiger partial charge in [0.05, 0.1) is 0 Å². The van der Waals surface area contributed by atoms with E-state index in [0.29, 0.717) is 0 Å². The summed E-state index contributed by atoms with van der Waals surface area (Å²) >= 11 is 7.92. The Kier molecular flexibility index (Phi) is 4.22. The molecule has 0 aliphatic heterocycles. The molecule has 0 saturated heterocycles. The van der Waals surface area contributed by atoms with Crippen LogP contribution in [-0.4, -0.2) is 18.7 Å². The molecule has 0 fully saturated rings. The van der Waals surface area contributed by atoms with E-state index in [1.807, 2.05) is 0 Å². The molecule has 0 aromatic carbocycles. The van der Waals surface area contributed by atoms with Crippen LogP contribution < -0.4 is 4.84 Å². The Morgan fingerprint density at radius 1 is 1.31 bits per heavy atom. The molecule has 0 aliphatic rings. The van der Waals surface area contributed by atoms with E-state index in [2.05, 4.69) is 24.4 Å². The maximum atomic E-state index is 11.5. The first-order valence-electron chi connectivity index (χ1n) is 3.55. The van der Waals surface area contributed by atoms with Gasteiger partial charge in [0, 0.05) is 5.54 Å². The topological polar surface area (TPSA) is 55.4 Å². The van der Waals surface area contributed by atoms with Gasteiger partial charge in [0.2, 0.25) is 0 Å². The van der Waals surface area contributed by atoms with Crippen LogP contribution in [0, 0.1) is 0 Å². The first-order chi connectivity index (χ1) is 5.62. The zero-order valence-corrected chi connectivity index (χ0v) is 11.0. The van der Waals surface area contributed by atoms with Crippen molar-refractivity contribution in [3.63, 3.8) is 0 Å². The van der Waals surface area contributed by atoms with Crippen molar-refractivity contribution in [2.45, 2.75) is 38.0 Å². The van der Waals surface area contributed by atoms with Gasteiger partial charge in [-0.3, -0.25) is 0 Å². The third kappa shape index (κ3) is 2.36. The molecule has 0 aliphatic carbocycles. The van der Waals surface area contributed by atoms with Gasteiger partial charge in [0.1, 0.15) is 21.0 Å². The second-order valence-electron chi connectivity index (χ2n) is 3.75. The zero-order chi connectivity index (χ0) is 10.9. The smallest absolute Gasteiger partial charge is 0.226 e. The van der Waals surface area contributed by atoms with Gasteiger partial charge in [-0.1, -0.05) is 0 Å². The van der Waals surface area contributed by atoms with E-state index >= 15 is 0 Å². The molecule has 0 heterocycles. The average Bonchev–Trinajstić information content (AvgIpc) is 2.03. The number of halogens is 2. The zero-order valence-electron chi connectivity index (χ0n) is 7.89. The molecule has 0 spiro atoms. The van der Waals surface area contributed by atoms with E-state index in [1.165, 1.54) is 13.8 Å². The van der Waals surface area contributed by atoms with Crippen LogP contribution in [0.4, 0.5) is 0 Å². The molecule has 1 N–H and O–H groups in total. The summed E-state index contributed by atoms with van der Waals surface area (Å²) in [5.74, 6) is 0. The summed E-state index contributed by atoms with van der Waals surface area (Å²) in [4.78, 5) is 2.41. The van der Waals surface area contributed by atoms with Crippen molar-refractivity contribution >= 4 is 38.2 Å². The van der Waals surface area contributed by atoms with Crippen molar-refractivity contribution in [2.24, 2.45) is 0 Å². The predicted octanol–water partition coefficient (Wildman–Crippen LogP) is 1.94. The third-order valence-corrected chi connectivity index (χ3v) is 5.89. The highest BCUT2D eigenvalue weighted by Gasteiger charge is 2.48. The van der Waals surface area contributed by atoms with Crippen molar-refractivity contribution in [1.29, 1.82) is 0 Å². The van der Waals surface area contributed by atoms with Crippen LogP contribution >= 0.6 is 28.0 Å². The molecule has 0 atom stereocenters. The summed E-state index contributed by atoms with van der Waals surface area (Å²) in [5, 5.41) is 0. The van der Waals surface area contributed by atoms with Crippen LogP contribution in [0.2, 0.25) is 0 Å². The number of hydrogen-bond acceptors (Lipinski definition) is 4. The van der Waals surface area contributed by atoms with Crippen LogP contribution in [0.5, 0.6) is 0 Å². The Labute approximate surface area is 92.7 Å². The van der Waals surface area contributed by atoms with Crippen LogP contribution in [0.15, 0.2) is 0 Å². The molecule has 0 aromatic rings. The molecule has 0 rings (SSSR count). The van der Waals surface area contributed by atoms with E-state index in [1.54, 1.807) is 13.8 Å². The minimum absolute atomic E-state index is 0.804. The largest absolute Gasteiger partial charge is 0.285 e. The summed E-state index contributed by atoms with van der Waals surface area (Å²) in [7, 11) is -3.70. The number of nitrogens with one attached hydrogen (secondary N) is 1. The van der Waals surface area contributed by atoms with E-state index in [-0.39, 0.29) is 0 Å². The first-order valence-corrected chi connectivity index (χ1v) is 5.98. The van der Waals surface area contributed by atoms with E-state index in [4.69, 9.17) is 11.8 Å². The third-order valence-electron chi connectivity index (χ3n) is 2.45. The molecular formula is C6H13BrClNO3S. The Bertz CT molecular complexity index is 276. The summed E-state index contributed by atoms with van der Waals surface area (Å²) in [6, 6.07) is 0. The van der Waals surface area contributed by atoms with Crippen molar-refractivity contribution in [3.8, 4) is 0 Å². The Balaban J connectivity index is 5.21. The number of rotatable bonds is 4. The lowest BCUT2D eigenvalue weighted by atomic mass is 9.91. The molecule has 13 heavy (non-hydrogen) atoms.